The number of thiophene rings is 1. The Balaban J connectivity index is 0.979. The summed E-state index contributed by atoms with van der Waals surface area (Å²) in [4.78, 5) is 2.35. The molecule has 268 valence electrons. The van der Waals surface area contributed by atoms with E-state index in [4.69, 9.17) is 0 Å². The molecule has 0 fully saturated rings. The zero-order chi connectivity index (χ0) is 37.8. The minimum absolute atomic E-state index is 0.396. The second-order valence-electron chi connectivity index (χ2n) is 14.8. The van der Waals surface area contributed by atoms with Gasteiger partial charge in [-0.3, -0.25) is 0 Å². The monoisotopic (exact) mass is 743 g/mol. The van der Waals surface area contributed by atoms with Gasteiger partial charge in [-0.1, -0.05) is 170 Å². The molecule has 1 aliphatic carbocycles. The fourth-order valence-electron chi connectivity index (χ4n) is 9.26. The molecular weight excluding hydrogens is 707 g/mol. The molecule has 0 amide bonds. The van der Waals surface area contributed by atoms with E-state index in [0.29, 0.717) is 0 Å². The molecule has 1 heterocycles. The molecular formula is C55H37NS. The van der Waals surface area contributed by atoms with Crippen molar-refractivity contribution in [2.45, 2.75) is 5.41 Å². The lowest BCUT2D eigenvalue weighted by Gasteiger charge is -2.33. The molecule has 1 aromatic heterocycles. The molecule has 2 heteroatoms. The number of anilines is 3. The number of rotatable bonds is 7. The van der Waals surface area contributed by atoms with Crippen molar-refractivity contribution in [3.63, 3.8) is 0 Å². The fourth-order valence-corrected chi connectivity index (χ4v) is 10.4. The highest BCUT2D eigenvalue weighted by Gasteiger charge is 2.45. The molecule has 11 rings (SSSR count). The zero-order valence-corrected chi connectivity index (χ0v) is 32.0. The third-order valence-electron chi connectivity index (χ3n) is 11.8. The van der Waals surface area contributed by atoms with Crippen molar-refractivity contribution in [1.82, 2.24) is 0 Å². The van der Waals surface area contributed by atoms with Gasteiger partial charge in [-0.2, -0.15) is 0 Å². The molecule has 1 nitrogen and oxygen atoms in total. The lowest BCUT2D eigenvalue weighted by Crippen LogP contribution is -2.28. The van der Waals surface area contributed by atoms with Gasteiger partial charge < -0.3 is 4.90 Å². The van der Waals surface area contributed by atoms with Gasteiger partial charge in [0.2, 0.25) is 0 Å². The minimum atomic E-state index is -0.396. The van der Waals surface area contributed by atoms with Crippen LogP contribution < -0.4 is 4.90 Å². The Bertz CT molecular complexity index is 3000. The Morgan fingerprint density at radius 1 is 0.333 bits per heavy atom. The van der Waals surface area contributed by atoms with E-state index in [1.54, 1.807) is 0 Å². The summed E-state index contributed by atoms with van der Waals surface area (Å²) in [5.74, 6) is 0. The van der Waals surface area contributed by atoms with Crippen molar-refractivity contribution in [2.24, 2.45) is 0 Å². The van der Waals surface area contributed by atoms with Crippen molar-refractivity contribution < 1.29 is 0 Å². The first-order valence-electron chi connectivity index (χ1n) is 19.6. The van der Waals surface area contributed by atoms with Gasteiger partial charge in [-0.05, 0) is 110 Å². The predicted molar refractivity (Wildman–Crippen MR) is 242 cm³/mol. The molecule has 0 unspecified atom stereocenters. The topological polar surface area (TPSA) is 3.24 Å². The first-order chi connectivity index (χ1) is 28.3. The Kier molecular flexibility index (Phi) is 7.98. The van der Waals surface area contributed by atoms with Gasteiger partial charge in [-0.15, -0.1) is 11.3 Å². The summed E-state index contributed by atoms with van der Waals surface area (Å²) in [6, 6.07) is 82.3. The molecule has 57 heavy (non-hydrogen) atoms. The molecule has 0 spiro atoms. The largest absolute Gasteiger partial charge is 0.311 e. The summed E-state index contributed by atoms with van der Waals surface area (Å²) in [6.45, 7) is 0. The lowest BCUT2D eigenvalue weighted by atomic mass is 9.67. The van der Waals surface area contributed by atoms with Crippen LogP contribution >= 0.6 is 11.3 Å². The smallest absolute Gasteiger partial charge is 0.0713 e. The van der Waals surface area contributed by atoms with E-state index < -0.39 is 5.41 Å². The van der Waals surface area contributed by atoms with Crippen LogP contribution in [0.3, 0.4) is 0 Å². The molecule has 0 aliphatic heterocycles. The van der Waals surface area contributed by atoms with Crippen LogP contribution in [0, 0.1) is 0 Å². The van der Waals surface area contributed by atoms with E-state index in [0.717, 1.165) is 17.1 Å². The maximum atomic E-state index is 2.40. The SMILES string of the molecule is c1ccc(N(c2ccc(-c3ccc4c(c3)-c3ccccc3C4(c3ccccc3)c3ccccc3)cc2)c2ccc(-c3cccc4sc5ccccc5c34)cc2)cc1. The zero-order valence-electron chi connectivity index (χ0n) is 31.2. The van der Waals surface area contributed by atoms with Crippen LogP contribution in [0.2, 0.25) is 0 Å². The lowest BCUT2D eigenvalue weighted by molar-refractivity contribution is 0.768. The van der Waals surface area contributed by atoms with E-state index >= 15 is 0 Å². The highest BCUT2D eigenvalue weighted by atomic mass is 32.1. The van der Waals surface area contributed by atoms with Crippen LogP contribution in [-0.2, 0) is 5.41 Å². The van der Waals surface area contributed by atoms with Gasteiger partial charge >= 0.3 is 0 Å². The number of para-hydroxylation sites is 1. The number of benzene rings is 9. The van der Waals surface area contributed by atoms with Gasteiger partial charge in [0.25, 0.3) is 0 Å². The number of hydrogen-bond donors (Lipinski definition) is 0. The maximum Gasteiger partial charge on any atom is 0.0713 e. The normalized spacial score (nSPS) is 12.7. The second kappa shape index (κ2) is 13.6. The number of fused-ring (bicyclic) bond motifs is 6. The van der Waals surface area contributed by atoms with Gasteiger partial charge in [-0.25, -0.2) is 0 Å². The molecule has 10 aromatic rings. The third-order valence-corrected chi connectivity index (χ3v) is 12.9. The predicted octanol–water partition coefficient (Wildman–Crippen LogP) is 15.2. The van der Waals surface area contributed by atoms with E-state index in [9.17, 15) is 0 Å². The van der Waals surface area contributed by atoms with Crippen LogP contribution in [0.15, 0.2) is 224 Å². The van der Waals surface area contributed by atoms with Crippen molar-refractivity contribution in [3.05, 3.63) is 247 Å². The minimum Gasteiger partial charge on any atom is -0.311 e. The van der Waals surface area contributed by atoms with Crippen LogP contribution in [-0.4, -0.2) is 0 Å². The van der Waals surface area contributed by atoms with Gasteiger partial charge in [0.05, 0.1) is 5.41 Å². The standard InChI is InChI=1S/C55H37NS/c1-4-15-41(16-5-1)55(42-17-6-2-7-18-42)50-24-12-10-21-47(50)49-37-40(31-36-51(49)55)38-27-32-44(33-28-38)56(43-19-8-3-9-20-43)45-34-29-39(30-35-45)46-23-14-26-53-54(46)48-22-11-13-25-52(48)57-53/h1-37H. The molecule has 0 saturated heterocycles. The first kappa shape index (κ1) is 33.3. The molecule has 1 aliphatic rings. The van der Waals surface area contributed by atoms with Crippen molar-refractivity contribution in [3.8, 4) is 33.4 Å². The van der Waals surface area contributed by atoms with Gasteiger partial charge in [0, 0.05) is 37.2 Å². The Morgan fingerprint density at radius 2 is 0.842 bits per heavy atom. The maximum absolute atomic E-state index is 2.40. The molecule has 0 bridgehead atoms. The highest BCUT2D eigenvalue weighted by molar-refractivity contribution is 7.25. The van der Waals surface area contributed by atoms with Crippen molar-refractivity contribution >= 4 is 48.6 Å². The summed E-state index contributed by atoms with van der Waals surface area (Å²) in [6.07, 6.45) is 0. The second-order valence-corrected chi connectivity index (χ2v) is 15.9. The Labute approximate surface area is 337 Å². The number of nitrogens with zero attached hydrogens (tertiary/aromatic N) is 1. The van der Waals surface area contributed by atoms with Crippen LogP contribution in [0.5, 0.6) is 0 Å². The van der Waals surface area contributed by atoms with E-state index in [-0.39, 0.29) is 0 Å². The molecule has 0 saturated carbocycles. The molecule has 0 N–H and O–H groups in total. The van der Waals surface area contributed by atoms with E-state index in [1.165, 1.54) is 75.8 Å². The van der Waals surface area contributed by atoms with Crippen molar-refractivity contribution in [1.29, 1.82) is 0 Å². The summed E-state index contributed by atoms with van der Waals surface area (Å²) in [5, 5.41) is 2.66. The quantitative estimate of drug-likeness (QED) is 0.157. The average molecular weight is 744 g/mol. The van der Waals surface area contributed by atoms with E-state index in [2.05, 4.69) is 229 Å². The summed E-state index contributed by atoms with van der Waals surface area (Å²) in [7, 11) is 0. The summed E-state index contributed by atoms with van der Waals surface area (Å²) in [5.41, 5.74) is 15.6. The third kappa shape index (κ3) is 5.37. The molecule has 0 atom stereocenters. The van der Waals surface area contributed by atoms with Crippen LogP contribution in [0.4, 0.5) is 17.1 Å². The summed E-state index contributed by atoms with van der Waals surface area (Å²) < 4.78 is 2.65. The Hall–Kier alpha value is -7.00. The average Bonchev–Trinajstić information content (AvgIpc) is 3.82. The van der Waals surface area contributed by atoms with Gasteiger partial charge in [0.1, 0.15) is 0 Å². The van der Waals surface area contributed by atoms with Gasteiger partial charge in [0.15, 0.2) is 0 Å². The number of hydrogen-bond acceptors (Lipinski definition) is 2. The fraction of sp³-hybridized carbons (Fsp3) is 0.0182. The first-order valence-corrected chi connectivity index (χ1v) is 20.4. The highest BCUT2D eigenvalue weighted by Crippen LogP contribution is 2.56. The summed E-state index contributed by atoms with van der Waals surface area (Å²) >= 11 is 1.86. The van der Waals surface area contributed by atoms with E-state index in [1.807, 2.05) is 11.3 Å². The van der Waals surface area contributed by atoms with Crippen molar-refractivity contribution in [2.75, 3.05) is 4.90 Å². The molecule has 0 radical (unpaired) electrons. The van der Waals surface area contributed by atoms with Crippen LogP contribution in [0.25, 0.3) is 53.6 Å². The van der Waals surface area contributed by atoms with Crippen LogP contribution in [0.1, 0.15) is 22.3 Å². The molecule has 9 aromatic carbocycles. The Morgan fingerprint density at radius 3 is 1.54 bits per heavy atom.